The van der Waals surface area contributed by atoms with E-state index >= 15 is 0 Å². The van der Waals surface area contributed by atoms with Gasteiger partial charge in [-0.1, -0.05) is 6.07 Å². The molecule has 0 aromatic carbocycles. The molecule has 3 rings (SSSR count). The molecule has 0 bridgehead atoms. The van der Waals surface area contributed by atoms with Gasteiger partial charge >= 0.3 is 0 Å². The van der Waals surface area contributed by atoms with Crippen molar-refractivity contribution in [3.05, 3.63) is 41.7 Å². The Hall–Kier alpha value is -2.74. The molecule has 0 aliphatic rings. The molecule has 0 unspecified atom stereocenters. The highest BCUT2D eigenvalue weighted by Gasteiger charge is 2.13. The van der Waals surface area contributed by atoms with Crippen LogP contribution in [0, 0.1) is 0 Å². The molecule has 24 heavy (non-hydrogen) atoms. The highest BCUT2D eigenvalue weighted by molar-refractivity contribution is 7.14. The Labute approximate surface area is 143 Å². The van der Waals surface area contributed by atoms with Crippen molar-refractivity contribution < 1.29 is 9.53 Å². The number of nitrogens with one attached hydrogen (secondary N) is 1. The van der Waals surface area contributed by atoms with Gasteiger partial charge in [0.05, 0.1) is 6.10 Å². The van der Waals surface area contributed by atoms with Crippen molar-refractivity contribution in [2.24, 2.45) is 7.05 Å². The predicted octanol–water partition coefficient (Wildman–Crippen LogP) is 2.98. The third-order valence-electron chi connectivity index (χ3n) is 3.09. The summed E-state index contributed by atoms with van der Waals surface area (Å²) in [7, 11) is 1.89. The molecule has 7 nitrogen and oxygen atoms in total. The molecule has 3 aromatic heterocycles. The Morgan fingerprint density at radius 2 is 2.17 bits per heavy atom. The summed E-state index contributed by atoms with van der Waals surface area (Å²) >= 11 is 1.34. The Bertz CT molecular complexity index is 856. The van der Waals surface area contributed by atoms with Crippen molar-refractivity contribution in [2.45, 2.75) is 20.0 Å². The Kier molecular flexibility index (Phi) is 4.57. The van der Waals surface area contributed by atoms with Gasteiger partial charge in [-0.25, -0.2) is 15.0 Å². The van der Waals surface area contributed by atoms with Crippen LogP contribution >= 0.6 is 11.3 Å². The van der Waals surface area contributed by atoms with E-state index in [2.05, 4.69) is 20.3 Å². The van der Waals surface area contributed by atoms with E-state index in [9.17, 15) is 4.79 Å². The normalized spacial score (nSPS) is 10.8. The highest BCUT2D eigenvalue weighted by atomic mass is 32.1. The molecule has 0 saturated carbocycles. The molecule has 0 radical (unpaired) electrons. The van der Waals surface area contributed by atoms with Gasteiger partial charge in [0.1, 0.15) is 11.4 Å². The number of thiazole rings is 1. The van der Waals surface area contributed by atoms with E-state index in [1.54, 1.807) is 24.4 Å². The fourth-order valence-corrected chi connectivity index (χ4v) is 2.74. The third kappa shape index (κ3) is 3.60. The standard InChI is InChI=1S/C16H17N5O2S/c1-10(2)23-13-6-4-5-11(18-13)15(22)20-16-19-12(9-24-16)14-17-7-8-21(14)3/h4-10H,1-3H3,(H,19,20,22). The van der Waals surface area contributed by atoms with Crippen LogP contribution in [0.2, 0.25) is 0 Å². The minimum absolute atomic E-state index is 0.00452. The first-order valence-corrected chi connectivity index (χ1v) is 8.29. The number of rotatable bonds is 5. The molecule has 0 fully saturated rings. The van der Waals surface area contributed by atoms with Crippen LogP contribution < -0.4 is 10.1 Å². The average molecular weight is 343 g/mol. The number of amides is 1. The number of anilines is 1. The third-order valence-corrected chi connectivity index (χ3v) is 3.85. The Morgan fingerprint density at radius 3 is 2.88 bits per heavy atom. The molecule has 1 N–H and O–H groups in total. The van der Waals surface area contributed by atoms with Gasteiger partial charge < -0.3 is 9.30 Å². The maximum absolute atomic E-state index is 12.3. The van der Waals surface area contributed by atoms with Crippen molar-refractivity contribution in [3.63, 3.8) is 0 Å². The fraction of sp³-hybridized carbons (Fsp3) is 0.250. The zero-order valence-corrected chi connectivity index (χ0v) is 14.4. The molecular weight excluding hydrogens is 326 g/mol. The number of ether oxygens (including phenoxy) is 1. The van der Waals surface area contributed by atoms with E-state index in [4.69, 9.17) is 4.74 Å². The van der Waals surface area contributed by atoms with Crippen LogP contribution in [0.1, 0.15) is 24.3 Å². The largest absolute Gasteiger partial charge is 0.475 e. The van der Waals surface area contributed by atoms with Gasteiger partial charge in [0.15, 0.2) is 11.0 Å². The Balaban J connectivity index is 1.74. The summed E-state index contributed by atoms with van der Waals surface area (Å²) < 4.78 is 7.38. The monoisotopic (exact) mass is 343 g/mol. The lowest BCUT2D eigenvalue weighted by atomic mass is 10.3. The number of pyridine rings is 1. The second kappa shape index (κ2) is 6.79. The van der Waals surface area contributed by atoms with E-state index in [-0.39, 0.29) is 17.7 Å². The molecule has 8 heteroatoms. The summed E-state index contributed by atoms with van der Waals surface area (Å²) in [6, 6.07) is 5.09. The van der Waals surface area contributed by atoms with Gasteiger partial charge in [-0.3, -0.25) is 10.1 Å². The maximum atomic E-state index is 12.3. The van der Waals surface area contributed by atoms with Gasteiger partial charge in [-0.05, 0) is 19.9 Å². The summed E-state index contributed by atoms with van der Waals surface area (Å²) in [5, 5.41) is 5.10. The van der Waals surface area contributed by atoms with Crippen LogP contribution in [0.3, 0.4) is 0 Å². The second-order valence-electron chi connectivity index (χ2n) is 5.38. The van der Waals surface area contributed by atoms with E-state index in [1.165, 1.54) is 11.3 Å². The van der Waals surface area contributed by atoms with E-state index in [1.807, 2.05) is 37.0 Å². The van der Waals surface area contributed by atoms with Gasteiger partial charge in [0.25, 0.3) is 5.91 Å². The lowest BCUT2D eigenvalue weighted by Crippen LogP contribution is -2.15. The van der Waals surface area contributed by atoms with Crippen molar-refractivity contribution in [2.75, 3.05) is 5.32 Å². The first-order valence-electron chi connectivity index (χ1n) is 7.41. The lowest BCUT2D eigenvalue weighted by molar-refractivity contribution is 0.102. The fourth-order valence-electron chi connectivity index (χ4n) is 2.06. The van der Waals surface area contributed by atoms with Crippen LogP contribution in [0.15, 0.2) is 36.0 Å². The van der Waals surface area contributed by atoms with Crippen molar-refractivity contribution in [3.8, 4) is 17.4 Å². The zero-order valence-electron chi connectivity index (χ0n) is 13.6. The van der Waals surface area contributed by atoms with E-state index in [0.717, 1.165) is 5.82 Å². The smallest absolute Gasteiger partial charge is 0.276 e. The maximum Gasteiger partial charge on any atom is 0.276 e. The number of hydrogen-bond acceptors (Lipinski definition) is 6. The minimum atomic E-state index is -0.329. The number of carbonyl (C=O) groups is 1. The van der Waals surface area contributed by atoms with E-state index < -0.39 is 0 Å². The van der Waals surface area contributed by atoms with Crippen LogP contribution in [0.5, 0.6) is 5.88 Å². The number of aryl methyl sites for hydroxylation is 1. The second-order valence-corrected chi connectivity index (χ2v) is 6.24. The molecule has 3 aromatic rings. The molecular formula is C16H17N5O2S. The van der Waals surface area contributed by atoms with Crippen molar-refractivity contribution in [1.82, 2.24) is 19.5 Å². The topological polar surface area (TPSA) is 81.9 Å². The Morgan fingerprint density at radius 1 is 1.33 bits per heavy atom. The highest BCUT2D eigenvalue weighted by Crippen LogP contribution is 2.23. The minimum Gasteiger partial charge on any atom is -0.475 e. The summed E-state index contributed by atoms with van der Waals surface area (Å²) in [4.78, 5) is 25.2. The predicted molar refractivity (Wildman–Crippen MR) is 92.3 cm³/mol. The first-order chi connectivity index (χ1) is 11.5. The quantitative estimate of drug-likeness (QED) is 0.770. The number of carbonyl (C=O) groups excluding carboxylic acids is 1. The molecule has 0 spiro atoms. The van der Waals surface area contributed by atoms with Crippen LogP contribution in [0.4, 0.5) is 5.13 Å². The number of imidazole rings is 1. The van der Waals surface area contributed by atoms with Gasteiger partial charge in [0, 0.05) is 30.9 Å². The van der Waals surface area contributed by atoms with Crippen molar-refractivity contribution >= 4 is 22.4 Å². The van der Waals surface area contributed by atoms with Gasteiger partial charge in [-0.15, -0.1) is 11.3 Å². The van der Waals surface area contributed by atoms with Crippen LogP contribution in [0.25, 0.3) is 11.5 Å². The SMILES string of the molecule is CC(C)Oc1cccc(C(=O)Nc2nc(-c3nccn3C)cs2)n1. The molecule has 0 atom stereocenters. The zero-order chi connectivity index (χ0) is 17.1. The molecule has 1 amide bonds. The molecule has 0 saturated heterocycles. The summed E-state index contributed by atoms with van der Waals surface area (Å²) in [5.41, 5.74) is 0.995. The number of aromatic nitrogens is 4. The molecule has 0 aliphatic heterocycles. The molecule has 0 aliphatic carbocycles. The van der Waals surface area contributed by atoms with Gasteiger partial charge in [-0.2, -0.15) is 0 Å². The van der Waals surface area contributed by atoms with Crippen LogP contribution in [-0.4, -0.2) is 31.5 Å². The van der Waals surface area contributed by atoms with E-state index in [0.29, 0.717) is 16.7 Å². The molecule has 124 valence electrons. The van der Waals surface area contributed by atoms with Crippen LogP contribution in [-0.2, 0) is 7.05 Å². The number of nitrogens with zero attached hydrogens (tertiary/aromatic N) is 4. The first kappa shape index (κ1) is 16.1. The number of hydrogen-bond donors (Lipinski definition) is 1. The summed E-state index contributed by atoms with van der Waals surface area (Å²) in [6.07, 6.45) is 3.55. The lowest BCUT2D eigenvalue weighted by Gasteiger charge is -2.09. The summed E-state index contributed by atoms with van der Waals surface area (Å²) in [5.74, 6) is 0.840. The molecule has 3 heterocycles. The summed E-state index contributed by atoms with van der Waals surface area (Å²) in [6.45, 7) is 3.81. The average Bonchev–Trinajstić information content (AvgIpc) is 3.15. The van der Waals surface area contributed by atoms with Gasteiger partial charge in [0.2, 0.25) is 5.88 Å². The van der Waals surface area contributed by atoms with Crippen molar-refractivity contribution in [1.29, 1.82) is 0 Å².